The van der Waals surface area contributed by atoms with E-state index in [1.54, 1.807) is 36.4 Å². The Morgan fingerprint density at radius 2 is 1.95 bits per heavy atom. The van der Waals surface area contributed by atoms with Gasteiger partial charge in [0.25, 0.3) is 5.91 Å². The minimum absolute atomic E-state index is 0.238. The molecule has 0 aliphatic carbocycles. The summed E-state index contributed by atoms with van der Waals surface area (Å²) in [5.74, 6) is -0.389. The Hall–Kier alpha value is -2.46. The van der Waals surface area contributed by atoms with E-state index in [1.165, 1.54) is 12.1 Å². The third-order valence-corrected chi connectivity index (χ3v) is 3.34. The summed E-state index contributed by atoms with van der Waals surface area (Å²) in [5, 5.41) is 3.15. The summed E-state index contributed by atoms with van der Waals surface area (Å²) < 4.78 is 13.2. The van der Waals surface area contributed by atoms with Crippen molar-refractivity contribution < 1.29 is 9.18 Å². The van der Waals surface area contributed by atoms with Crippen molar-refractivity contribution in [3.63, 3.8) is 0 Å². The van der Waals surface area contributed by atoms with Crippen molar-refractivity contribution in [2.75, 3.05) is 0 Å². The van der Waals surface area contributed by atoms with E-state index in [0.29, 0.717) is 22.0 Å². The molecule has 0 spiro atoms. The number of aliphatic imine (C=N–C) groups is 1. The van der Waals surface area contributed by atoms with Gasteiger partial charge in [0, 0.05) is 10.6 Å². The number of carbonyl (C=O) groups excluding carboxylic acids is 1. The highest BCUT2D eigenvalue weighted by Gasteiger charge is 2.21. The van der Waals surface area contributed by atoms with Gasteiger partial charge in [0.1, 0.15) is 17.3 Å². The Kier molecular flexibility index (Phi) is 3.54. The minimum Gasteiger partial charge on any atom is -0.305 e. The molecule has 0 unspecified atom stereocenters. The van der Waals surface area contributed by atoms with Crippen molar-refractivity contribution in [2.24, 2.45) is 4.99 Å². The summed E-state index contributed by atoms with van der Waals surface area (Å²) in [5.41, 5.74) is 1.46. The Labute approximate surface area is 125 Å². The lowest BCUT2D eigenvalue weighted by Gasteiger charge is -1.99. The lowest BCUT2D eigenvalue weighted by Crippen LogP contribution is -2.24. The largest absolute Gasteiger partial charge is 0.305 e. The monoisotopic (exact) mass is 300 g/mol. The summed E-state index contributed by atoms with van der Waals surface area (Å²) in [4.78, 5) is 16.1. The van der Waals surface area contributed by atoms with Crippen molar-refractivity contribution in [2.45, 2.75) is 0 Å². The quantitative estimate of drug-likeness (QED) is 0.849. The zero-order valence-corrected chi connectivity index (χ0v) is 11.6. The predicted octanol–water partition coefficient (Wildman–Crippen LogP) is 3.40. The third-order valence-electron chi connectivity index (χ3n) is 2.99. The number of halogens is 2. The SMILES string of the molecule is O=C1NC(c2cccc(F)c2)=N/C1=C\c1ccccc1Cl. The topological polar surface area (TPSA) is 41.5 Å². The van der Waals surface area contributed by atoms with E-state index < -0.39 is 0 Å². The van der Waals surface area contributed by atoms with Gasteiger partial charge in [0.15, 0.2) is 0 Å². The second kappa shape index (κ2) is 5.50. The highest BCUT2D eigenvalue weighted by molar-refractivity contribution is 6.32. The van der Waals surface area contributed by atoms with Crippen LogP contribution in [-0.4, -0.2) is 11.7 Å². The first kappa shape index (κ1) is 13.5. The molecule has 2 aromatic carbocycles. The summed E-state index contributed by atoms with van der Waals surface area (Å²) >= 11 is 6.05. The van der Waals surface area contributed by atoms with Crippen LogP contribution in [0.25, 0.3) is 6.08 Å². The second-order valence-electron chi connectivity index (χ2n) is 4.48. The van der Waals surface area contributed by atoms with Gasteiger partial charge in [-0.1, -0.05) is 41.9 Å². The maximum absolute atomic E-state index is 13.2. The third kappa shape index (κ3) is 2.85. The Morgan fingerprint density at radius 3 is 2.71 bits per heavy atom. The molecule has 0 saturated heterocycles. The van der Waals surface area contributed by atoms with Gasteiger partial charge >= 0.3 is 0 Å². The molecule has 0 fully saturated rings. The van der Waals surface area contributed by atoms with E-state index in [2.05, 4.69) is 10.3 Å². The maximum Gasteiger partial charge on any atom is 0.275 e. The predicted molar refractivity (Wildman–Crippen MR) is 80.5 cm³/mol. The van der Waals surface area contributed by atoms with Gasteiger partial charge in [-0.15, -0.1) is 0 Å². The van der Waals surface area contributed by atoms with Crippen LogP contribution < -0.4 is 5.32 Å². The minimum atomic E-state index is -0.381. The molecule has 104 valence electrons. The van der Waals surface area contributed by atoms with Crippen molar-refractivity contribution in [1.29, 1.82) is 0 Å². The average molecular weight is 301 g/mol. The first-order chi connectivity index (χ1) is 10.1. The number of hydrogen-bond acceptors (Lipinski definition) is 2. The van der Waals surface area contributed by atoms with E-state index in [1.807, 2.05) is 6.07 Å². The number of hydrogen-bond donors (Lipinski definition) is 1. The van der Waals surface area contributed by atoms with Gasteiger partial charge in [-0.3, -0.25) is 4.79 Å². The average Bonchev–Trinajstić information content (AvgIpc) is 2.83. The molecular formula is C16H10ClFN2O. The van der Waals surface area contributed by atoms with Crippen molar-refractivity contribution >= 4 is 29.4 Å². The maximum atomic E-state index is 13.2. The number of benzene rings is 2. The first-order valence-electron chi connectivity index (χ1n) is 6.26. The zero-order chi connectivity index (χ0) is 14.8. The molecule has 2 aromatic rings. The van der Waals surface area contributed by atoms with E-state index in [0.717, 1.165) is 0 Å². The van der Waals surface area contributed by atoms with Gasteiger partial charge in [0.2, 0.25) is 0 Å². The molecule has 0 aromatic heterocycles. The fourth-order valence-electron chi connectivity index (χ4n) is 1.98. The highest BCUT2D eigenvalue weighted by Crippen LogP contribution is 2.21. The number of amides is 1. The van der Waals surface area contributed by atoms with Crippen LogP contribution in [0, 0.1) is 5.82 Å². The molecule has 0 bridgehead atoms. The molecule has 1 aliphatic heterocycles. The molecule has 0 atom stereocenters. The standard InChI is InChI=1S/C16H10ClFN2O/c17-13-7-2-1-4-10(13)9-14-16(21)20-15(19-14)11-5-3-6-12(18)8-11/h1-9H,(H,19,20,21)/b14-9-. The van der Waals surface area contributed by atoms with Crippen LogP contribution in [0.5, 0.6) is 0 Å². The van der Waals surface area contributed by atoms with Crippen LogP contribution in [0.4, 0.5) is 4.39 Å². The molecule has 1 amide bonds. The number of nitrogens with zero attached hydrogens (tertiary/aromatic N) is 1. The zero-order valence-electron chi connectivity index (χ0n) is 10.8. The van der Waals surface area contributed by atoms with Crippen LogP contribution in [0.2, 0.25) is 5.02 Å². The molecule has 3 nitrogen and oxygen atoms in total. The lowest BCUT2D eigenvalue weighted by atomic mass is 10.2. The lowest BCUT2D eigenvalue weighted by molar-refractivity contribution is -0.115. The number of rotatable bonds is 2. The fourth-order valence-corrected chi connectivity index (χ4v) is 2.17. The molecule has 21 heavy (non-hydrogen) atoms. The number of nitrogens with one attached hydrogen (secondary N) is 1. The van der Waals surface area contributed by atoms with Gasteiger partial charge in [-0.25, -0.2) is 9.38 Å². The molecule has 0 radical (unpaired) electrons. The summed E-state index contributed by atoms with van der Waals surface area (Å²) in [6, 6.07) is 13.0. The second-order valence-corrected chi connectivity index (χ2v) is 4.88. The number of amidine groups is 1. The Balaban J connectivity index is 1.98. The molecule has 0 saturated carbocycles. The molecule has 5 heteroatoms. The first-order valence-corrected chi connectivity index (χ1v) is 6.63. The molecular weight excluding hydrogens is 291 g/mol. The van der Waals surface area contributed by atoms with Gasteiger partial charge < -0.3 is 5.32 Å². The van der Waals surface area contributed by atoms with E-state index in [9.17, 15) is 9.18 Å². The van der Waals surface area contributed by atoms with Gasteiger partial charge in [-0.05, 0) is 29.8 Å². The summed E-state index contributed by atoms with van der Waals surface area (Å²) in [7, 11) is 0. The smallest absolute Gasteiger partial charge is 0.275 e. The molecule has 1 N–H and O–H groups in total. The molecule has 1 heterocycles. The normalized spacial score (nSPS) is 16.0. The summed E-state index contributed by atoms with van der Waals surface area (Å²) in [6.45, 7) is 0. The van der Waals surface area contributed by atoms with Crippen LogP contribution >= 0.6 is 11.6 Å². The Morgan fingerprint density at radius 1 is 1.14 bits per heavy atom. The molecule has 1 aliphatic rings. The summed E-state index contributed by atoms with van der Waals surface area (Å²) in [6.07, 6.45) is 1.60. The Bertz CT molecular complexity index is 783. The van der Waals surface area contributed by atoms with E-state index >= 15 is 0 Å². The van der Waals surface area contributed by atoms with Gasteiger partial charge in [0.05, 0.1) is 0 Å². The fraction of sp³-hybridized carbons (Fsp3) is 0. The van der Waals surface area contributed by atoms with Gasteiger partial charge in [-0.2, -0.15) is 0 Å². The van der Waals surface area contributed by atoms with Crippen molar-refractivity contribution in [3.8, 4) is 0 Å². The van der Waals surface area contributed by atoms with Crippen LogP contribution in [-0.2, 0) is 4.79 Å². The van der Waals surface area contributed by atoms with E-state index in [4.69, 9.17) is 11.6 Å². The van der Waals surface area contributed by atoms with Crippen molar-refractivity contribution in [1.82, 2.24) is 5.32 Å². The molecule has 3 rings (SSSR count). The van der Waals surface area contributed by atoms with Crippen LogP contribution in [0.3, 0.4) is 0 Å². The number of carbonyl (C=O) groups is 1. The van der Waals surface area contributed by atoms with Crippen LogP contribution in [0.1, 0.15) is 11.1 Å². The van der Waals surface area contributed by atoms with Crippen molar-refractivity contribution in [3.05, 3.63) is 76.2 Å². The van der Waals surface area contributed by atoms with E-state index in [-0.39, 0.29) is 17.4 Å². The van der Waals surface area contributed by atoms with Crippen LogP contribution in [0.15, 0.2) is 59.2 Å². The highest BCUT2D eigenvalue weighted by atomic mass is 35.5.